The number of aromatic nitrogens is 1. The van der Waals surface area contributed by atoms with E-state index in [4.69, 9.17) is 0 Å². The highest BCUT2D eigenvalue weighted by Gasteiger charge is 2.22. The van der Waals surface area contributed by atoms with Crippen molar-refractivity contribution in [2.75, 3.05) is 0 Å². The Hall–Kier alpha value is -0.410. The minimum atomic E-state index is 0.381. The largest absolute Gasteiger partial charge is 0.306 e. The number of hydrogen-bond donors (Lipinski definition) is 1. The molecule has 1 aliphatic rings. The van der Waals surface area contributed by atoms with Crippen molar-refractivity contribution in [1.82, 2.24) is 10.3 Å². The van der Waals surface area contributed by atoms with E-state index >= 15 is 0 Å². The minimum Gasteiger partial charge on any atom is -0.306 e. The van der Waals surface area contributed by atoms with E-state index < -0.39 is 0 Å². The fourth-order valence-corrected chi connectivity index (χ4v) is 4.10. The van der Waals surface area contributed by atoms with Crippen LogP contribution in [0.4, 0.5) is 0 Å². The molecule has 0 aromatic carbocycles. The lowest BCUT2D eigenvalue weighted by Gasteiger charge is -2.30. The molecule has 1 aromatic rings. The van der Waals surface area contributed by atoms with Gasteiger partial charge in [-0.1, -0.05) is 19.3 Å². The molecule has 0 aliphatic heterocycles. The third kappa shape index (κ3) is 3.33. The van der Waals surface area contributed by atoms with Crippen LogP contribution in [0.3, 0.4) is 0 Å². The quantitative estimate of drug-likeness (QED) is 0.875. The van der Waals surface area contributed by atoms with Gasteiger partial charge in [0.1, 0.15) is 0 Å². The van der Waals surface area contributed by atoms with Crippen molar-refractivity contribution in [3.05, 3.63) is 15.6 Å². The molecule has 3 heteroatoms. The summed E-state index contributed by atoms with van der Waals surface area (Å²) in [4.78, 5) is 6.03. The summed E-state index contributed by atoms with van der Waals surface area (Å²) >= 11 is 1.81. The summed E-state index contributed by atoms with van der Waals surface area (Å²) in [7, 11) is 0. The van der Waals surface area contributed by atoms with E-state index in [0.29, 0.717) is 12.1 Å². The summed E-state index contributed by atoms with van der Waals surface area (Å²) < 4.78 is 0. The zero-order valence-electron chi connectivity index (χ0n) is 12.1. The molecule has 1 unspecified atom stereocenters. The van der Waals surface area contributed by atoms with E-state index in [1.807, 2.05) is 11.3 Å². The number of nitrogens with one attached hydrogen (secondary N) is 1. The molecule has 1 aliphatic carbocycles. The van der Waals surface area contributed by atoms with Gasteiger partial charge in [-0.3, -0.25) is 0 Å². The molecule has 2 atom stereocenters. The third-order valence-electron chi connectivity index (χ3n) is 4.22. The predicted octanol–water partition coefficient (Wildman–Crippen LogP) is 4.38. The molecule has 18 heavy (non-hydrogen) atoms. The van der Waals surface area contributed by atoms with Crippen molar-refractivity contribution in [2.24, 2.45) is 5.92 Å². The van der Waals surface area contributed by atoms with E-state index in [0.717, 1.165) is 5.92 Å². The highest BCUT2D eigenvalue weighted by molar-refractivity contribution is 7.11. The van der Waals surface area contributed by atoms with Crippen LogP contribution in [-0.2, 0) is 0 Å². The van der Waals surface area contributed by atoms with Crippen LogP contribution in [0, 0.1) is 19.8 Å². The fourth-order valence-electron chi connectivity index (χ4n) is 3.19. The standard InChI is InChI=1S/C15H26N2S/c1-10(14-8-6-5-7-9-14)16-11(2)15-12(3)18-13(4)17-15/h10-11,14,16H,5-9H2,1-4H3/t10-,11?/m0/s1. The van der Waals surface area contributed by atoms with Gasteiger partial charge in [0.15, 0.2) is 0 Å². The van der Waals surface area contributed by atoms with E-state index in [1.165, 1.54) is 47.7 Å². The number of hydrogen-bond acceptors (Lipinski definition) is 3. The molecule has 1 heterocycles. The van der Waals surface area contributed by atoms with Crippen molar-refractivity contribution >= 4 is 11.3 Å². The zero-order valence-corrected chi connectivity index (χ0v) is 12.9. The summed E-state index contributed by atoms with van der Waals surface area (Å²) in [5.41, 5.74) is 1.25. The van der Waals surface area contributed by atoms with Crippen molar-refractivity contribution in [2.45, 2.75) is 71.9 Å². The predicted molar refractivity (Wildman–Crippen MR) is 79.2 cm³/mol. The van der Waals surface area contributed by atoms with Crippen LogP contribution < -0.4 is 5.32 Å². The van der Waals surface area contributed by atoms with Gasteiger partial charge in [0.2, 0.25) is 0 Å². The maximum Gasteiger partial charge on any atom is 0.0900 e. The highest BCUT2D eigenvalue weighted by Crippen LogP contribution is 2.28. The Labute approximate surface area is 115 Å². The molecule has 0 bridgehead atoms. The molecule has 0 radical (unpaired) electrons. The van der Waals surface area contributed by atoms with Gasteiger partial charge in [0.25, 0.3) is 0 Å². The monoisotopic (exact) mass is 266 g/mol. The third-order valence-corrected chi connectivity index (χ3v) is 5.12. The second-order valence-electron chi connectivity index (χ2n) is 5.75. The highest BCUT2D eigenvalue weighted by atomic mass is 32.1. The first-order chi connectivity index (χ1) is 8.58. The Morgan fingerprint density at radius 1 is 1.17 bits per heavy atom. The average Bonchev–Trinajstić information content (AvgIpc) is 2.69. The second-order valence-corrected chi connectivity index (χ2v) is 7.16. The summed E-state index contributed by atoms with van der Waals surface area (Å²) in [5.74, 6) is 0.862. The van der Waals surface area contributed by atoms with Crippen LogP contribution in [0.1, 0.15) is 67.6 Å². The van der Waals surface area contributed by atoms with E-state index in [-0.39, 0.29) is 0 Å². The van der Waals surface area contributed by atoms with Gasteiger partial charge in [-0.05, 0) is 46.5 Å². The lowest BCUT2D eigenvalue weighted by molar-refractivity contribution is 0.267. The Morgan fingerprint density at radius 3 is 2.39 bits per heavy atom. The van der Waals surface area contributed by atoms with Crippen LogP contribution in [-0.4, -0.2) is 11.0 Å². The van der Waals surface area contributed by atoms with Crippen molar-refractivity contribution in [3.63, 3.8) is 0 Å². The number of thiazole rings is 1. The molecule has 102 valence electrons. The number of aryl methyl sites for hydroxylation is 2. The molecule has 1 saturated carbocycles. The first kappa shape index (κ1) is 14.0. The van der Waals surface area contributed by atoms with Crippen molar-refractivity contribution < 1.29 is 0 Å². The Balaban J connectivity index is 1.93. The van der Waals surface area contributed by atoms with Crippen LogP contribution >= 0.6 is 11.3 Å². The Kier molecular flexibility index (Phi) is 4.79. The van der Waals surface area contributed by atoms with Gasteiger partial charge in [0.05, 0.1) is 10.7 Å². The fraction of sp³-hybridized carbons (Fsp3) is 0.800. The van der Waals surface area contributed by atoms with Gasteiger partial charge in [0, 0.05) is 17.0 Å². The lowest BCUT2D eigenvalue weighted by atomic mass is 9.84. The number of rotatable bonds is 4. The maximum atomic E-state index is 4.66. The van der Waals surface area contributed by atoms with Gasteiger partial charge in [-0.25, -0.2) is 4.98 Å². The summed E-state index contributed by atoms with van der Waals surface area (Å²) in [6, 6.07) is 0.994. The van der Waals surface area contributed by atoms with Crippen molar-refractivity contribution in [1.29, 1.82) is 0 Å². The van der Waals surface area contributed by atoms with Crippen LogP contribution in [0.15, 0.2) is 0 Å². The molecular formula is C15H26N2S. The summed E-state index contributed by atoms with van der Waals surface area (Å²) in [6.45, 7) is 8.88. The number of nitrogens with zero attached hydrogens (tertiary/aromatic N) is 1. The molecule has 2 rings (SSSR count). The molecule has 2 nitrogen and oxygen atoms in total. The molecule has 0 saturated heterocycles. The van der Waals surface area contributed by atoms with Crippen LogP contribution in [0.2, 0.25) is 0 Å². The molecule has 0 spiro atoms. The molecule has 1 aromatic heterocycles. The van der Waals surface area contributed by atoms with Crippen LogP contribution in [0.5, 0.6) is 0 Å². The topological polar surface area (TPSA) is 24.9 Å². The second kappa shape index (κ2) is 6.16. The molecule has 0 amide bonds. The maximum absolute atomic E-state index is 4.66. The Morgan fingerprint density at radius 2 is 1.83 bits per heavy atom. The van der Waals surface area contributed by atoms with Gasteiger partial charge in [-0.15, -0.1) is 11.3 Å². The normalized spacial score (nSPS) is 20.9. The Bertz CT molecular complexity index is 380. The average molecular weight is 266 g/mol. The van der Waals surface area contributed by atoms with E-state index in [9.17, 15) is 0 Å². The van der Waals surface area contributed by atoms with Crippen molar-refractivity contribution in [3.8, 4) is 0 Å². The zero-order chi connectivity index (χ0) is 13.1. The SMILES string of the molecule is Cc1nc(C(C)N[C@@H](C)C2CCCCC2)c(C)s1. The first-order valence-electron chi connectivity index (χ1n) is 7.28. The summed E-state index contributed by atoms with van der Waals surface area (Å²) in [5, 5.41) is 4.95. The molecular weight excluding hydrogens is 240 g/mol. The lowest BCUT2D eigenvalue weighted by Crippen LogP contribution is -2.36. The van der Waals surface area contributed by atoms with Gasteiger partial charge < -0.3 is 5.32 Å². The van der Waals surface area contributed by atoms with Gasteiger partial charge in [-0.2, -0.15) is 0 Å². The molecule has 1 N–H and O–H groups in total. The van der Waals surface area contributed by atoms with Gasteiger partial charge >= 0.3 is 0 Å². The van der Waals surface area contributed by atoms with Crippen LogP contribution in [0.25, 0.3) is 0 Å². The molecule has 1 fully saturated rings. The summed E-state index contributed by atoms with van der Waals surface area (Å²) in [6.07, 6.45) is 7.06. The van der Waals surface area contributed by atoms with E-state index in [1.54, 1.807) is 0 Å². The van der Waals surface area contributed by atoms with E-state index in [2.05, 4.69) is 38.0 Å². The minimum absolute atomic E-state index is 0.381. The first-order valence-corrected chi connectivity index (χ1v) is 8.09. The smallest absolute Gasteiger partial charge is 0.0900 e.